The zero-order valence-corrected chi connectivity index (χ0v) is 23.5. The summed E-state index contributed by atoms with van der Waals surface area (Å²) in [5.41, 5.74) is 2.04. The minimum atomic E-state index is -0.231. The van der Waals surface area contributed by atoms with Crippen molar-refractivity contribution in [3.8, 4) is 5.75 Å². The molecule has 0 amide bonds. The summed E-state index contributed by atoms with van der Waals surface area (Å²) in [6.45, 7) is 2.42. The number of ether oxygens (including phenoxy) is 1. The second-order valence-corrected chi connectivity index (χ2v) is 10.5. The van der Waals surface area contributed by atoms with Crippen LogP contribution in [0.3, 0.4) is 0 Å². The van der Waals surface area contributed by atoms with Crippen LogP contribution in [0.15, 0.2) is 73.4 Å². The molecule has 0 aliphatic carbocycles. The number of rotatable bonds is 8. The van der Waals surface area contributed by atoms with Crippen molar-refractivity contribution in [3.05, 3.63) is 101 Å². The molecule has 4 rings (SSSR count). The summed E-state index contributed by atoms with van der Waals surface area (Å²) in [6.07, 6.45) is 4.06. The van der Waals surface area contributed by atoms with E-state index in [2.05, 4.69) is 48.9 Å². The second-order valence-electron chi connectivity index (χ2n) is 7.88. The van der Waals surface area contributed by atoms with E-state index in [9.17, 15) is 4.79 Å². The Balaban J connectivity index is 1.63. The number of nitrogens with zero attached hydrogens (tertiary/aromatic N) is 3. The van der Waals surface area contributed by atoms with E-state index >= 15 is 0 Å². The molecule has 4 aromatic rings. The van der Waals surface area contributed by atoms with E-state index in [4.69, 9.17) is 27.9 Å². The van der Waals surface area contributed by atoms with Crippen molar-refractivity contribution >= 4 is 72.2 Å². The van der Waals surface area contributed by atoms with Crippen LogP contribution in [-0.2, 0) is 13.0 Å². The molecule has 0 unspecified atom stereocenters. The number of halogens is 4. The smallest absolute Gasteiger partial charge is 0.282 e. The highest BCUT2D eigenvalue weighted by Crippen LogP contribution is 2.34. The first-order chi connectivity index (χ1) is 16.9. The lowest BCUT2D eigenvalue weighted by atomic mass is 10.2. The fraction of sp³-hybridized carbons (Fsp3) is 0.192. The molecular formula is C26H21Br2Cl2N3O2. The minimum absolute atomic E-state index is 0.231. The molecule has 9 heteroatoms. The number of hydrogen-bond acceptors (Lipinski definition) is 4. The number of unbranched alkanes of at least 4 members (excludes halogenated alkanes) is 1. The van der Waals surface area contributed by atoms with Crippen LogP contribution in [0, 0.1) is 0 Å². The van der Waals surface area contributed by atoms with Gasteiger partial charge < -0.3 is 4.74 Å². The van der Waals surface area contributed by atoms with Crippen molar-refractivity contribution in [2.24, 2.45) is 5.10 Å². The molecule has 1 aromatic heterocycles. The molecule has 0 aliphatic rings. The van der Waals surface area contributed by atoms with Gasteiger partial charge >= 0.3 is 0 Å². The lowest BCUT2D eigenvalue weighted by molar-refractivity contribution is 0.306. The molecule has 0 N–H and O–H groups in total. The van der Waals surface area contributed by atoms with E-state index in [-0.39, 0.29) is 5.56 Å². The van der Waals surface area contributed by atoms with Gasteiger partial charge in [0, 0.05) is 15.4 Å². The van der Waals surface area contributed by atoms with Crippen LogP contribution in [0.1, 0.15) is 36.7 Å². The van der Waals surface area contributed by atoms with Gasteiger partial charge in [-0.2, -0.15) is 9.78 Å². The molecule has 0 aliphatic heterocycles. The molecule has 0 saturated carbocycles. The molecule has 0 spiro atoms. The number of benzene rings is 3. The zero-order valence-electron chi connectivity index (χ0n) is 18.8. The summed E-state index contributed by atoms with van der Waals surface area (Å²) < 4.78 is 9.01. The van der Waals surface area contributed by atoms with Gasteiger partial charge in [-0.25, -0.2) is 4.98 Å². The van der Waals surface area contributed by atoms with Gasteiger partial charge in [-0.05, 0) is 60.0 Å². The molecule has 1 heterocycles. The summed E-state index contributed by atoms with van der Waals surface area (Å²) in [6, 6.07) is 16.7. The lowest BCUT2D eigenvalue weighted by Crippen LogP contribution is -2.22. The molecule has 0 radical (unpaired) electrons. The SMILES string of the molecule is CCCCc1nc2ccc(Br)cc2c(=O)n1N=Cc1cc(Cl)c(OCc2ccc(Br)cc2)c(Cl)c1. The largest absolute Gasteiger partial charge is 0.486 e. The zero-order chi connectivity index (χ0) is 24.9. The Morgan fingerprint density at radius 3 is 2.40 bits per heavy atom. The predicted octanol–water partition coefficient (Wildman–Crippen LogP) is 8.03. The van der Waals surface area contributed by atoms with Crippen molar-refractivity contribution < 1.29 is 4.74 Å². The second kappa shape index (κ2) is 11.7. The van der Waals surface area contributed by atoms with Gasteiger partial charge in [-0.1, -0.05) is 80.5 Å². The Kier molecular flexibility index (Phi) is 8.65. The Labute approximate surface area is 230 Å². The summed E-state index contributed by atoms with van der Waals surface area (Å²) in [5, 5.41) is 5.66. The number of aromatic nitrogens is 2. The highest BCUT2D eigenvalue weighted by molar-refractivity contribution is 9.10. The van der Waals surface area contributed by atoms with Crippen LogP contribution < -0.4 is 10.3 Å². The summed E-state index contributed by atoms with van der Waals surface area (Å²) in [5.74, 6) is 1.00. The van der Waals surface area contributed by atoms with E-state index in [0.29, 0.717) is 51.1 Å². The molecule has 35 heavy (non-hydrogen) atoms. The van der Waals surface area contributed by atoms with Crippen molar-refractivity contribution in [2.75, 3.05) is 0 Å². The Morgan fingerprint density at radius 1 is 1.03 bits per heavy atom. The Bertz CT molecular complexity index is 1430. The van der Waals surface area contributed by atoms with E-state index in [1.54, 1.807) is 24.4 Å². The molecule has 0 atom stereocenters. The molecule has 180 valence electrons. The van der Waals surface area contributed by atoms with Crippen LogP contribution in [0.4, 0.5) is 0 Å². The first-order valence-electron chi connectivity index (χ1n) is 11.0. The van der Waals surface area contributed by atoms with Crippen molar-refractivity contribution in [1.29, 1.82) is 0 Å². The fourth-order valence-corrected chi connectivity index (χ4v) is 4.70. The van der Waals surface area contributed by atoms with Crippen LogP contribution in [0.5, 0.6) is 5.75 Å². The number of hydrogen-bond donors (Lipinski definition) is 0. The third-order valence-corrected chi connectivity index (χ3v) is 6.85. The van der Waals surface area contributed by atoms with Crippen LogP contribution in [-0.4, -0.2) is 15.9 Å². The van der Waals surface area contributed by atoms with Gasteiger partial charge in [0.05, 0.1) is 27.2 Å². The first kappa shape index (κ1) is 25.9. The molecule has 0 saturated heterocycles. The maximum Gasteiger partial charge on any atom is 0.282 e. The number of fused-ring (bicyclic) bond motifs is 1. The number of aryl methyl sites for hydroxylation is 1. The Morgan fingerprint density at radius 2 is 1.71 bits per heavy atom. The molecule has 0 fully saturated rings. The summed E-state index contributed by atoms with van der Waals surface area (Å²) >= 11 is 19.8. The van der Waals surface area contributed by atoms with Crippen molar-refractivity contribution in [1.82, 2.24) is 9.66 Å². The van der Waals surface area contributed by atoms with Gasteiger partial charge in [0.2, 0.25) is 0 Å². The third-order valence-electron chi connectivity index (χ3n) is 5.27. The maximum absolute atomic E-state index is 13.2. The van der Waals surface area contributed by atoms with Crippen molar-refractivity contribution in [2.45, 2.75) is 32.8 Å². The van der Waals surface area contributed by atoms with E-state index in [1.165, 1.54) is 4.68 Å². The summed E-state index contributed by atoms with van der Waals surface area (Å²) in [4.78, 5) is 17.9. The van der Waals surface area contributed by atoms with Crippen molar-refractivity contribution in [3.63, 3.8) is 0 Å². The maximum atomic E-state index is 13.2. The highest BCUT2D eigenvalue weighted by Gasteiger charge is 2.12. The highest BCUT2D eigenvalue weighted by atomic mass is 79.9. The van der Waals surface area contributed by atoms with E-state index < -0.39 is 0 Å². The van der Waals surface area contributed by atoms with E-state index in [1.807, 2.05) is 36.4 Å². The average molecular weight is 638 g/mol. The van der Waals surface area contributed by atoms with Crippen LogP contribution in [0.25, 0.3) is 10.9 Å². The first-order valence-corrected chi connectivity index (χ1v) is 13.3. The predicted molar refractivity (Wildman–Crippen MR) is 150 cm³/mol. The quantitative estimate of drug-likeness (QED) is 0.184. The molecule has 0 bridgehead atoms. The Hall–Kier alpha value is -2.19. The minimum Gasteiger partial charge on any atom is -0.486 e. The fourth-order valence-electron chi connectivity index (χ4n) is 3.46. The summed E-state index contributed by atoms with van der Waals surface area (Å²) in [7, 11) is 0. The van der Waals surface area contributed by atoms with Gasteiger partial charge in [0.1, 0.15) is 12.4 Å². The average Bonchev–Trinajstić information content (AvgIpc) is 2.83. The standard InChI is InChI=1S/C26H21Br2Cl2N3O2/c1-2-3-4-24-32-23-10-9-19(28)13-20(23)26(34)33(24)31-14-17-11-21(29)25(22(30)12-17)35-15-16-5-7-18(27)8-6-16/h5-14H,2-4,15H2,1H3. The monoisotopic (exact) mass is 635 g/mol. The van der Waals surface area contributed by atoms with E-state index in [0.717, 1.165) is 27.4 Å². The molecular weight excluding hydrogens is 617 g/mol. The van der Waals surface area contributed by atoms with Gasteiger partial charge in [-0.15, -0.1) is 0 Å². The van der Waals surface area contributed by atoms with Gasteiger partial charge in [0.15, 0.2) is 5.75 Å². The lowest BCUT2D eigenvalue weighted by Gasteiger charge is -2.11. The molecule has 5 nitrogen and oxygen atoms in total. The van der Waals surface area contributed by atoms with Gasteiger partial charge in [0.25, 0.3) is 5.56 Å². The molecule has 3 aromatic carbocycles. The third kappa shape index (κ3) is 6.33. The van der Waals surface area contributed by atoms with Crippen LogP contribution in [0.2, 0.25) is 10.0 Å². The topological polar surface area (TPSA) is 56.5 Å². The van der Waals surface area contributed by atoms with Crippen LogP contribution >= 0.6 is 55.1 Å². The normalized spacial score (nSPS) is 11.5. The van der Waals surface area contributed by atoms with Gasteiger partial charge in [-0.3, -0.25) is 4.79 Å².